The molecule has 2 aromatic carbocycles. The van der Waals surface area contributed by atoms with Crippen molar-refractivity contribution in [3.05, 3.63) is 59.6 Å². The third-order valence-electron chi connectivity index (χ3n) is 5.55. The predicted molar refractivity (Wildman–Crippen MR) is 128 cm³/mol. The molecule has 0 radical (unpaired) electrons. The number of benzene rings is 2. The van der Waals surface area contributed by atoms with Gasteiger partial charge in [0.05, 0.1) is 12.9 Å². The van der Waals surface area contributed by atoms with Gasteiger partial charge in [-0.05, 0) is 62.9 Å². The van der Waals surface area contributed by atoms with Gasteiger partial charge in [-0.25, -0.2) is 4.39 Å². The Kier molecular flexibility index (Phi) is 7.73. The number of aryl methyl sites for hydroxylation is 1. The second kappa shape index (κ2) is 10.5. The first-order valence-corrected chi connectivity index (χ1v) is 11.3. The van der Waals surface area contributed by atoms with Crippen LogP contribution in [0.5, 0.6) is 5.75 Å². The van der Waals surface area contributed by atoms with Crippen molar-refractivity contribution >= 4 is 22.4 Å². The average Bonchev–Trinajstić information content (AvgIpc) is 3.20. The second-order valence-electron chi connectivity index (χ2n) is 8.00. The Balaban J connectivity index is 2.13. The average molecular weight is 438 g/mol. The number of hydrogen-bond donors (Lipinski definition) is 0. The summed E-state index contributed by atoms with van der Waals surface area (Å²) < 4.78 is 25.3. The van der Waals surface area contributed by atoms with Gasteiger partial charge in [-0.3, -0.25) is 4.79 Å². The molecule has 0 unspecified atom stereocenters. The number of halogens is 1. The molecule has 1 amide bonds. The van der Waals surface area contributed by atoms with Gasteiger partial charge in [0.25, 0.3) is 0 Å². The number of carbonyl (C=O) groups is 1. The Bertz CT molecular complexity index is 1110. The molecule has 0 spiro atoms. The standard InChI is InChI=1S/C27H32FNO3/c1-6-13-29(14-7-2)25(30)15-18(4)22-16-23-24(20-9-11-21(28)12-10-20)17-32-27(23)19(5)26(22)31-8-3/h9-12,15-17H,6-8,13-14H2,1-5H3/b18-15+. The maximum absolute atomic E-state index is 13.4. The molecule has 3 aromatic rings. The van der Waals surface area contributed by atoms with Crippen LogP contribution in [0.2, 0.25) is 0 Å². The molecule has 0 saturated heterocycles. The lowest BCUT2D eigenvalue weighted by atomic mass is 9.96. The van der Waals surface area contributed by atoms with Crippen LogP contribution in [0.25, 0.3) is 27.7 Å². The van der Waals surface area contributed by atoms with E-state index in [1.807, 2.05) is 31.7 Å². The van der Waals surface area contributed by atoms with Crippen LogP contribution < -0.4 is 4.74 Å². The quantitative estimate of drug-likeness (QED) is 0.339. The van der Waals surface area contributed by atoms with Crippen LogP contribution in [-0.4, -0.2) is 30.5 Å². The summed E-state index contributed by atoms with van der Waals surface area (Å²) in [5.41, 5.74) is 5.07. The fourth-order valence-electron chi connectivity index (χ4n) is 4.02. The molecule has 0 saturated carbocycles. The lowest BCUT2D eigenvalue weighted by molar-refractivity contribution is -0.126. The van der Waals surface area contributed by atoms with E-state index in [0.717, 1.165) is 70.5 Å². The van der Waals surface area contributed by atoms with Gasteiger partial charge in [0.2, 0.25) is 5.91 Å². The molecule has 3 rings (SSSR count). The van der Waals surface area contributed by atoms with E-state index in [4.69, 9.17) is 9.15 Å². The van der Waals surface area contributed by atoms with Crippen molar-refractivity contribution < 1.29 is 18.3 Å². The Morgan fingerprint density at radius 1 is 1.12 bits per heavy atom. The van der Waals surface area contributed by atoms with Crippen molar-refractivity contribution in [2.75, 3.05) is 19.7 Å². The molecule has 4 nitrogen and oxygen atoms in total. The summed E-state index contributed by atoms with van der Waals surface area (Å²) in [5, 5.41) is 0.909. The molecule has 0 bridgehead atoms. The van der Waals surface area contributed by atoms with Crippen LogP contribution in [0.4, 0.5) is 4.39 Å². The van der Waals surface area contributed by atoms with Gasteiger partial charge in [0.1, 0.15) is 17.1 Å². The number of rotatable bonds is 9. The molecule has 0 fully saturated rings. The number of hydrogen-bond acceptors (Lipinski definition) is 3. The minimum absolute atomic E-state index is 0.0114. The number of nitrogens with zero attached hydrogens (tertiary/aromatic N) is 1. The smallest absolute Gasteiger partial charge is 0.246 e. The van der Waals surface area contributed by atoms with Gasteiger partial charge in [0.15, 0.2) is 0 Å². The summed E-state index contributed by atoms with van der Waals surface area (Å²) in [5.74, 6) is 0.453. The van der Waals surface area contributed by atoms with Crippen LogP contribution in [-0.2, 0) is 4.79 Å². The maximum Gasteiger partial charge on any atom is 0.246 e. The monoisotopic (exact) mass is 437 g/mol. The van der Waals surface area contributed by atoms with E-state index in [1.54, 1.807) is 24.5 Å². The number of fused-ring (bicyclic) bond motifs is 1. The number of furan rings is 1. The normalized spacial score (nSPS) is 11.8. The molecular formula is C27H32FNO3. The van der Waals surface area contributed by atoms with E-state index >= 15 is 0 Å². The molecular weight excluding hydrogens is 405 g/mol. The Morgan fingerprint density at radius 3 is 2.38 bits per heavy atom. The molecule has 0 aliphatic rings. The van der Waals surface area contributed by atoms with Gasteiger partial charge in [-0.1, -0.05) is 26.0 Å². The molecule has 170 valence electrons. The molecule has 0 aliphatic heterocycles. The Labute approximate surface area is 189 Å². The van der Waals surface area contributed by atoms with Gasteiger partial charge < -0.3 is 14.1 Å². The van der Waals surface area contributed by atoms with Crippen LogP contribution >= 0.6 is 0 Å². The van der Waals surface area contributed by atoms with E-state index in [-0.39, 0.29) is 11.7 Å². The molecule has 0 aliphatic carbocycles. The van der Waals surface area contributed by atoms with E-state index in [2.05, 4.69) is 13.8 Å². The minimum Gasteiger partial charge on any atom is -0.493 e. The van der Waals surface area contributed by atoms with Crippen LogP contribution in [0.15, 0.2) is 47.1 Å². The van der Waals surface area contributed by atoms with Crippen LogP contribution in [0, 0.1) is 12.7 Å². The Hall–Kier alpha value is -3.08. The zero-order chi connectivity index (χ0) is 23.3. The zero-order valence-electron chi connectivity index (χ0n) is 19.6. The van der Waals surface area contributed by atoms with Crippen LogP contribution in [0.1, 0.15) is 51.7 Å². The third-order valence-corrected chi connectivity index (χ3v) is 5.55. The van der Waals surface area contributed by atoms with Crippen molar-refractivity contribution in [2.45, 2.75) is 47.5 Å². The van der Waals surface area contributed by atoms with E-state index in [9.17, 15) is 9.18 Å². The van der Waals surface area contributed by atoms with Gasteiger partial charge in [-0.2, -0.15) is 0 Å². The first-order valence-electron chi connectivity index (χ1n) is 11.3. The van der Waals surface area contributed by atoms with Crippen molar-refractivity contribution in [3.63, 3.8) is 0 Å². The van der Waals surface area contributed by atoms with Crippen molar-refractivity contribution in [1.82, 2.24) is 4.90 Å². The van der Waals surface area contributed by atoms with Crippen molar-refractivity contribution in [2.24, 2.45) is 0 Å². The molecule has 0 atom stereocenters. The topological polar surface area (TPSA) is 42.7 Å². The third kappa shape index (κ3) is 4.87. The summed E-state index contributed by atoms with van der Waals surface area (Å²) in [7, 11) is 0. The lowest BCUT2D eigenvalue weighted by Gasteiger charge is -2.20. The molecule has 0 N–H and O–H groups in total. The Morgan fingerprint density at radius 2 is 1.78 bits per heavy atom. The zero-order valence-corrected chi connectivity index (χ0v) is 19.6. The van der Waals surface area contributed by atoms with Crippen LogP contribution in [0.3, 0.4) is 0 Å². The summed E-state index contributed by atoms with van der Waals surface area (Å²) >= 11 is 0. The number of amides is 1. The van der Waals surface area contributed by atoms with Gasteiger partial charge in [0, 0.05) is 41.2 Å². The van der Waals surface area contributed by atoms with Gasteiger partial charge >= 0.3 is 0 Å². The number of carbonyl (C=O) groups excluding carboxylic acids is 1. The largest absolute Gasteiger partial charge is 0.493 e. The molecule has 32 heavy (non-hydrogen) atoms. The second-order valence-corrected chi connectivity index (χ2v) is 8.00. The highest BCUT2D eigenvalue weighted by Crippen LogP contribution is 2.40. The fourth-order valence-corrected chi connectivity index (χ4v) is 4.02. The SMILES string of the molecule is CCCN(CCC)C(=O)/C=C(\C)c1cc2c(-c3ccc(F)cc3)coc2c(C)c1OCC. The molecule has 5 heteroatoms. The highest BCUT2D eigenvalue weighted by Gasteiger charge is 2.20. The maximum atomic E-state index is 13.4. The number of ether oxygens (including phenoxy) is 1. The lowest BCUT2D eigenvalue weighted by Crippen LogP contribution is -2.31. The van der Waals surface area contributed by atoms with E-state index < -0.39 is 0 Å². The highest BCUT2D eigenvalue weighted by atomic mass is 19.1. The fraction of sp³-hybridized carbons (Fsp3) is 0.370. The predicted octanol–water partition coefficient (Wildman–Crippen LogP) is 7.00. The van der Waals surface area contributed by atoms with E-state index in [0.29, 0.717) is 6.61 Å². The van der Waals surface area contributed by atoms with Gasteiger partial charge in [-0.15, -0.1) is 0 Å². The number of allylic oxidation sites excluding steroid dienone is 1. The van der Waals surface area contributed by atoms with Crippen molar-refractivity contribution in [3.8, 4) is 16.9 Å². The van der Waals surface area contributed by atoms with E-state index in [1.165, 1.54) is 12.1 Å². The first kappa shape index (κ1) is 23.6. The first-order chi connectivity index (χ1) is 15.4. The highest BCUT2D eigenvalue weighted by molar-refractivity contribution is 6.01. The minimum atomic E-state index is -0.280. The summed E-state index contributed by atoms with van der Waals surface area (Å²) in [4.78, 5) is 14.8. The summed E-state index contributed by atoms with van der Waals surface area (Å²) in [6.07, 6.45) is 5.23. The summed E-state index contributed by atoms with van der Waals surface area (Å²) in [6.45, 7) is 12.0. The summed E-state index contributed by atoms with van der Waals surface area (Å²) in [6, 6.07) is 8.38. The molecule has 1 aromatic heterocycles. The molecule has 1 heterocycles. The van der Waals surface area contributed by atoms with Crippen molar-refractivity contribution in [1.29, 1.82) is 0 Å².